The summed E-state index contributed by atoms with van der Waals surface area (Å²) < 4.78 is 13.8. The van der Waals surface area contributed by atoms with E-state index in [0.29, 0.717) is 12.0 Å². The number of Topliss-reactive ketones (excluding diaryl/α,β-unsaturated/α-hetero) is 1. The molecule has 0 N–H and O–H groups in total. The molecule has 84 valence electrons. The molecule has 0 unspecified atom stereocenters. The average Bonchev–Trinajstić information content (AvgIpc) is 2.46. The number of hydrogen-bond acceptors (Lipinski definition) is 1. The van der Waals surface area contributed by atoms with Crippen LogP contribution in [0.15, 0.2) is 42.5 Å². The lowest BCUT2D eigenvalue weighted by atomic mass is 9.96. The predicted octanol–water partition coefficient (Wildman–Crippen LogP) is 3.16. The van der Waals surface area contributed by atoms with Crippen LogP contribution in [0, 0.1) is 5.82 Å². The van der Waals surface area contributed by atoms with Crippen LogP contribution in [0.1, 0.15) is 11.1 Å². The number of fused-ring (bicyclic) bond motifs is 3. The van der Waals surface area contributed by atoms with Gasteiger partial charge in [-0.2, -0.15) is 0 Å². The molecule has 0 bridgehead atoms. The van der Waals surface area contributed by atoms with E-state index in [-0.39, 0.29) is 18.0 Å². The fourth-order valence-electron chi connectivity index (χ4n) is 2.40. The summed E-state index contributed by atoms with van der Waals surface area (Å²) in [6.45, 7) is 0. The zero-order chi connectivity index (χ0) is 11.8. The Balaban J connectivity index is 2.33. The van der Waals surface area contributed by atoms with E-state index >= 15 is 0 Å². The summed E-state index contributed by atoms with van der Waals surface area (Å²) in [5.74, 6) is -0.214. The van der Waals surface area contributed by atoms with Crippen molar-refractivity contribution in [2.24, 2.45) is 0 Å². The zero-order valence-electron chi connectivity index (χ0n) is 9.24. The molecule has 0 aromatic heterocycles. The SMILES string of the molecule is O=C1Cc2ccccc2-c2cccc(F)c2C1. The van der Waals surface area contributed by atoms with Crippen molar-refractivity contribution < 1.29 is 9.18 Å². The Hall–Kier alpha value is -1.96. The summed E-state index contributed by atoms with van der Waals surface area (Å²) in [6.07, 6.45) is 0.584. The van der Waals surface area contributed by atoms with Gasteiger partial charge in [0.1, 0.15) is 11.6 Å². The smallest absolute Gasteiger partial charge is 0.141 e. The second kappa shape index (κ2) is 3.81. The molecule has 0 heterocycles. The van der Waals surface area contributed by atoms with Gasteiger partial charge in [-0.25, -0.2) is 4.39 Å². The van der Waals surface area contributed by atoms with Crippen LogP contribution in [-0.2, 0) is 17.6 Å². The molecule has 2 aromatic rings. The van der Waals surface area contributed by atoms with E-state index in [0.717, 1.165) is 16.7 Å². The Kier molecular flexibility index (Phi) is 2.29. The molecule has 1 aliphatic carbocycles. The van der Waals surface area contributed by atoms with Gasteiger partial charge in [-0.05, 0) is 22.8 Å². The number of carbonyl (C=O) groups excluding carboxylic acids is 1. The van der Waals surface area contributed by atoms with Gasteiger partial charge in [0.15, 0.2) is 0 Å². The molecule has 0 radical (unpaired) electrons. The molecule has 2 aromatic carbocycles. The highest BCUT2D eigenvalue weighted by atomic mass is 19.1. The molecule has 0 saturated heterocycles. The number of hydrogen-bond donors (Lipinski definition) is 0. The average molecular weight is 226 g/mol. The lowest BCUT2D eigenvalue weighted by molar-refractivity contribution is -0.117. The zero-order valence-corrected chi connectivity index (χ0v) is 9.24. The molecule has 2 heteroatoms. The van der Waals surface area contributed by atoms with Gasteiger partial charge in [0.05, 0.1) is 0 Å². The molecular weight excluding hydrogens is 215 g/mol. The summed E-state index contributed by atoms with van der Waals surface area (Å²) in [5, 5.41) is 0. The molecule has 3 rings (SSSR count). The van der Waals surface area contributed by atoms with E-state index < -0.39 is 0 Å². The summed E-state index contributed by atoms with van der Waals surface area (Å²) >= 11 is 0. The third-order valence-electron chi connectivity index (χ3n) is 3.19. The molecule has 0 saturated carbocycles. The number of rotatable bonds is 0. The minimum Gasteiger partial charge on any atom is -0.299 e. The quantitative estimate of drug-likeness (QED) is 0.674. The number of halogens is 1. The maximum atomic E-state index is 13.8. The topological polar surface area (TPSA) is 17.1 Å². The van der Waals surface area contributed by atoms with Gasteiger partial charge in [0, 0.05) is 18.4 Å². The molecule has 17 heavy (non-hydrogen) atoms. The van der Waals surface area contributed by atoms with Gasteiger partial charge in [-0.15, -0.1) is 0 Å². The summed E-state index contributed by atoms with van der Waals surface area (Å²) in [6, 6.07) is 12.7. The maximum Gasteiger partial charge on any atom is 0.141 e. The second-order valence-electron chi connectivity index (χ2n) is 4.32. The molecule has 1 aliphatic rings. The lowest BCUT2D eigenvalue weighted by Crippen LogP contribution is -2.05. The molecule has 0 atom stereocenters. The van der Waals surface area contributed by atoms with Gasteiger partial charge < -0.3 is 0 Å². The third kappa shape index (κ3) is 1.66. The van der Waals surface area contributed by atoms with Gasteiger partial charge in [-0.3, -0.25) is 4.79 Å². The Morgan fingerprint density at radius 3 is 2.53 bits per heavy atom. The van der Waals surface area contributed by atoms with Crippen LogP contribution in [-0.4, -0.2) is 5.78 Å². The first kappa shape index (κ1) is 10.2. The van der Waals surface area contributed by atoms with E-state index in [1.165, 1.54) is 6.07 Å². The minimum atomic E-state index is -0.285. The maximum absolute atomic E-state index is 13.8. The van der Waals surface area contributed by atoms with Crippen LogP contribution >= 0.6 is 0 Å². The lowest BCUT2D eigenvalue weighted by Gasteiger charge is -2.08. The minimum absolute atomic E-state index is 0.0706. The van der Waals surface area contributed by atoms with Gasteiger partial charge in [0.25, 0.3) is 0 Å². The first-order valence-electron chi connectivity index (χ1n) is 5.63. The Bertz CT molecular complexity index is 602. The summed E-state index contributed by atoms with van der Waals surface area (Å²) in [4.78, 5) is 11.8. The number of ketones is 1. The largest absolute Gasteiger partial charge is 0.299 e. The molecule has 1 nitrogen and oxygen atoms in total. The molecular formula is C15H11FO. The molecule has 0 fully saturated rings. The summed E-state index contributed by atoms with van der Waals surface area (Å²) in [7, 11) is 0. The summed E-state index contributed by atoms with van der Waals surface area (Å²) in [5.41, 5.74) is 3.35. The van der Waals surface area contributed by atoms with Crippen molar-refractivity contribution in [1.82, 2.24) is 0 Å². The standard InChI is InChI=1S/C15H11FO/c16-15-7-3-6-13-12-5-2-1-4-10(12)8-11(17)9-14(13)15/h1-7H,8-9H2. The van der Waals surface area contributed by atoms with Gasteiger partial charge in [-0.1, -0.05) is 36.4 Å². The number of carbonyl (C=O) groups is 1. The van der Waals surface area contributed by atoms with Crippen molar-refractivity contribution in [2.45, 2.75) is 12.8 Å². The first-order chi connectivity index (χ1) is 8.25. The van der Waals surface area contributed by atoms with Crippen molar-refractivity contribution in [2.75, 3.05) is 0 Å². The van der Waals surface area contributed by atoms with Crippen molar-refractivity contribution >= 4 is 5.78 Å². The van der Waals surface area contributed by atoms with Crippen molar-refractivity contribution in [1.29, 1.82) is 0 Å². The van der Waals surface area contributed by atoms with E-state index in [9.17, 15) is 9.18 Å². The Labute approximate surface area is 98.9 Å². The van der Waals surface area contributed by atoms with Crippen LogP contribution < -0.4 is 0 Å². The van der Waals surface area contributed by atoms with E-state index in [1.807, 2.05) is 30.3 Å². The highest BCUT2D eigenvalue weighted by molar-refractivity contribution is 5.90. The van der Waals surface area contributed by atoms with Crippen LogP contribution in [0.25, 0.3) is 11.1 Å². The first-order valence-corrected chi connectivity index (χ1v) is 5.63. The highest BCUT2D eigenvalue weighted by Crippen LogP contribution is 2.32. The van der Waals surface area contributed by atoms with Gasteiger partial charge in [0.2, 0.25) is 0 Å². The van der Waals surface area contributed by atoms with Crippen LogP contribution in [0.4, 0.5) is 4.39 Å². The van der Waals surface area contributed by atoms with E-state index in [2.05, 4.69) is 0 Å². The van der Waals surface area contributed by atoms with Crippen molar-refractivity contribution in [3.8, 4) is 11.1 Å². The number of benzene rings is 2. The predicted molar refractivity (Wildman–Crippen MR) is 64.3 cm³/mol. The third-order valence-corrected chi connectivity index (χ3v) is 3.19. The van der Waals surface area contributed by atoms with Crippen LogP contribution in [0.2, 0.25) is 0 Å². The Morgan fingerprint density at radius 2 is 1.65 bits per heavy atom. The Morgan fingerprint density at radius 1 is 0.882 bits per heavy atom. The molecule has 0 aliphatic heterocycles. The van der Waals surface area contributed by atoms with Crippen molar-refractivity contribution in [3.63, 3.8) is 0 Å². The van der Waals surface area contributed by atoms with Crippen molar-refractivity contribution in [3.05, 3.63) is 59.4 Å². The van der Waals surface area contributed by atoms with Crippen LogP contribution in [0.3, 0.4) is 0 Å². The molecule has 0 amide bonds. The monoisotopic (exact) mass is 226 g/mol. The normalized spacial score (nSPS) is 13.8. The molecule has 0 spiro atoms. The van der Waals surface area contributed by atoms with Gasteiger partial charge >= 0.3 is 0 Å². The van der Waals surface area contributed by atoms with Crippen LogP contribution in [0.5, 0.6) is 0 Å². The second-order valence-corrected chi connectivity index (χ2v) is 4.32. The fraction of sp³-hybridized carbons (Fsp3) is 0.133. The fourth-order valence-corrected chi connectivity index (χ4v) is 2.40. The van der Waals surface area contributed by atoms with E-state index in [1.54, 1.807) is 6.07 Å². The van der Waals surface area contributed by atoms with E-state index in [4.69, 9.17) is 0 Å². The highest BCUT2D eigenvalue weighted by Gasteiger charge is 2.20.